The molecule has 1 aromatic rings. The van der Waals surface area contributed by atoms with Crippen molar-refractivity contribution in [3.05, 3.63) is 30.3 Å². The quantitative estimate of drug-likeness (QED) is 0.705. The van der Waals surface area contributed by atoms with Gasteiger partial charge in [-0.05, 0) is 12.1 Å². The molecule has 1 unspecified atom stereocenters. The van der Waals surface area contributed by atoms with Crippen LogP contribution in [-0.4, -0.2) is 24.5 Å². The molecule has 1 heterocycles. The zero-order valence-electron chi connectivity index (χ0n) is 9.05. The molecule has 1 atom stereocenters. The second-order valence-corrected chi connectivity index (χ2v) is 3.78. The summed E-state index contributed by atoms with van der Waals surface area (Å²) in [5.41, 5.74) is 0.849. The normalized spacial score (nSPS) is 19.9. The Hall–Kier alpha value is -1.84. The van der Waals surface area contributed by atoms with Gasteiger partial charge in [-0.15, -0.1) is 0 Å². The van der Waals surface area contributed by atoms with Gasteiger partial charge in [-0.25, -0.2) is 0 Å². The van der Waals surface area contributed by atoms with Gasteiger partial charge < -0.3 is 9.64 Å². The van der Waals surface area contributed by atoms with Crippen LogP contribution in [0.1, 0.15) is 13.3 Å². The van der Waals surface area contributed by atoms with E-state index in [4.69, 9.17) is 4.74 Å². The number of hydrogen-bond donors (Lipinski definition) is 0. The number of ether oxygens (including phenoxy) is 1. The van der Waals surface area contributed by atoms with E-state index in [0.29, 0.717) is 6.54 Å². The minimum absolute atomic E-state index is 0.00236. The first-order valence-corrected chi connectivity index (χ1v) is 5.19. The number of amides is 1. The van der Waals surface area contributed by atoms with Crippen molar-refractivity contribution in [3.63, 3.8) is 0 Å². The van der Waals surface area contributed by atoms with E-state index in [-0.39, 0.29) is 24.4 Å². The molecule has 0 saturated carbocycles. The van der Waals surface area contributed by atoms with Crippen LogP contribution < -0.4 is 4.90 Å². The molecule has 0 bridgehead atoms. The lowest BCUT2D eigenvalue weighted by Crippen LogP contribution is -2.26. The first-order chi connectivity index (χ1) is 7.66. The van der Waals surface area contributed by atoms with Gasteiger partial charge in [0.05, 0.1) is 13.0 Å². The average molecular weight is 219 g/mol. The van der Waals surface area contributed by atoms with Gasteiger partial charge in [-0.1, -0.05) is 18.2 Å². The molecule has 1 saturated heterocycles. The lowest BCUT2D eigenvalue weighted by Gasteiger charge is -2.16. The van der Waals surface area contributed by atoms with Gasteiger partial charge in [0.1, 0.15) is 6.10 Å². The van der Waals surface area contributed by atoms with Crippen LogP contribution in [0, 0.1) is 0 Å². The molecule has 1 aliphatic rings. The minimum Gasteiger partial charge on any atom is -0.460 e. The van der Waals surface area contributed by atoms with E-state index >= 15 is 0 Å². The van der Waals surface area contributed by atoms with Crippen molar-refractivity contribution >= 4 is 17.6 Å². The van der Waals surface area contributed by atoms with Crippen molar-refractivity contribution in [2.24, 2.45) is 0 Å². The summed E-state index contributed by atoms with van der Waals surface area (Å²) in [5.74, 6) is -0.342. The summed E-state index contributed by atoms with van der Waals surface area (Å²) in [4.78, 5) is 24.1. The summed E-state index contributed by atoms with van der Waals surface area (Å²) in [6.45, 7) is 1.80. The first-order valence-electron chi connectivity index (χ1n) is 5.19. The number of anilines is 1. The minimum atomic E-state index is -0.340. The molecule has 1 aromatic carbocycles. The van der Waals surface area contributed by atoms with Gasteiger partial charge in [-0.3, -0.25) is 9.59 Å². The monoisotopic (exact) mass is 219 g/mol. The van der Waals surface area contributed by atoms with Crippen LogP contribution in [0.3, 0.4) is 0 Å². The van der Waals surface area contributed by atoms with Crippen molar-refractivity contribution < 1.29 is 14.3 Å². The van der Waals surface area contributed by atoms with Crippen LogP contribution in [0.15, 0.2) is 30.3 Å². The fourth-order valence-corrected chi connectivity index (χ4v) is 1.85. The molecule has 0 aromatic heterocycles. The highest BCUT2D eigenvalue weighted by Gasteiger charge is 2.32. The molecular weight excluding hydrogens is 206 g/mol. The van der Waals surface area contributed by atoms with Crippen molar-refractivity contribution in [1.29, 1.82) is 0 Å². The molecular formula is C12H13NO3. The van der Waals surface area contributed by atoms with Gasteiger partial charge in [0.2, 0.25) is 5.91 Å². The Bertz CT molecular complexity index is 402. The Morgan fingerprint density at radius 2 is 2.06 bits per heavy atom. The molecule has 4 nitrogen and oxygen atoms in total. The van der Waals surface area contributed by atoms with E-state index in [0.717, 1.165) is 5.69 Å². The van der Waals surface area contributed by atoms with E-state index < -0.39 is 0 Å². The first kappa shape index (κ1) is 10.7. The molecule has 1 amide bonds. The highest BCUT2D eigenvalue weighted by Crippen LogP contribution is 2.22. The Morgan fingerprint density at radius 1 is 1.38 bits per heavy atom. The topological polar surface area (TPSA) is 46.6 Å². The molecule has 0 spiro atoms. The Kier molecular flexibility index (Phi) is 2.90. The maximum atomic E-state index is 11.7. The van der Waals surface area contributed by atoms with Crippen molar-refractivity contribution in [2.45, 2.75) is 19.4 Å². The molecule has 4 heteroatoms. The summed E-state index contributed by atoms with van der Waals surface area (Å²) in [6, 6.07) is 9.39. The molecule has 16 heavy (non-hydrogen) atoms. The van der Waals surface area contributed by atoms with Gasteiger partial charge >= 0.3 is 5.97 Å². The summed E-state index contributed by atoms with van der Waals surface area (Å²) >= 11 is 0. The van der Waals surface area contributed by atoms with Crippen LogP contribution in [0.5, 0.6) is 0 Å². The number of rotatable bonds is 2. The number of nitrogens with zero attached hydrogens (tertiary/aromatic N) is 1. The maximum Gasteiger partial charge on any atom is 0.302 e. The summed E-state index contributed by atoms with van der Waals surface area (Å²) in [5, 5.41) is 0. The number of hydrogen-bond acceptors (Lipinski definition) is 3. The van der Waals surface area contributed by atoms with Gasteiger partial charge in [0, 0.05) is 12.6 Å². The second-order valence-electron chi connectivity index (χ2n) is 3.78. The van der Waals surface area contributed by atoms with Crippen molar-refractivity contribution in [1.82, 2.24) is 0 Å². The molecule has 84 valence electrons. The molecule has 1 fully saturated rings. The Labute approximate surface area is 93.8 Å². The summed E-state index contributed by atoms with van der Waals surface area (Å²) in [6.07, 6.45) is -0.0423. The standard InChI is InChI=1S/C12H13NO3/c1-9(14)16-11-7-12(15)13(8-11)10-5-3-2-4-6-10/h2-6,11H,7-8H2,1H3. The predicted molar refractivity (Wildman–Crippen MR) is 59.0 cm³/mol. The van der Waals surface area contributed by atoms with E-state index in [1.54, 1.807) is 4.90 Å². The summed E-state index contributed by atoms with van der Waals surface area (Å²) in [7, 11) is 0. The highest BCUT2D eigenvalue weighted by molar-refractivity contribution is 5.96. The molecule has 1 aliphatic heterocycles. The third-order valence-corrected chi connectivity index (χ3v) is 2.49. The van der Waals surface area contributed by atoms with Gasteiger partial charge in [-0.2, -0.15) is 0 Å². The van der Waals surface area contributed by atoms with E-state index in [9.17, 15) is 9.59 Å². The molecule has 0 aliphatic carbocycles. The predicted octanol–water partition coefficient (Wildman–Crippen LogP) is 1.35. The largest absolute Gasteiger partial charge is 0.460 e. The van der Waals surface area contributed by atoms with Crippen molar-refractivity contribution in [2.75, 3.05) is 11.4 Å². The molecule has 0 radical (unpaired) electrons. The Balaban J connectivity index is 2.08. The fourth-order valence-electron chi connectivity index (χ4n) is 1.85. The zero-order valence-corrected chi connectivity index (χ0v) is 9.05. The maximum absolute atomic E-state index is 11.7. The average Bonchev–Trinajstić information content (AvgIpc) is 2.60. The smallest absolute Gasteiger partial charge is 0.302 e. The third-order valence-electron chi connectivity index (χ3n) is 2.49. The van der Waals surface area contributed by atoms with Crippen LogP contribution in [0.25, 0.3) is 0 Å². The molecule has 2 rings (SSSR count). The lowest BCUT2D eigenvalue weighted by atomic mass is 10.3. The van der Waals surface area contributed by atoms with Crippen LogP contribution in [0.4, 0.5) is 5.69 Å². The molecule has 0 N–H and O–H groups in total. The fraction of sp³-hybridized carbons (Fsp3) is 0.333. The van der Waals surface area contributed by atoms with Gasteiger partial charge in [0.25, 0.3) is 0 Å². The number of carbonyl (C=O) groups is 2. The summed E-state index contributed by atoms with van der Waals surface area (Å²) < 4.78 is 5.03. The Morgan fingerprint density at radius 3 is 2.69 bits per heavy atom. The number of esters is 1. The SMILES string of the molecule is CC(=O)OC1CC(=O)N(c2ccccc2)C1. The van der Waals surface area contributed by atoms with Gasteiger partial charge in [0.15, 0.2) is 0 Å². The van der Waals surface area contributed by atoms with E-state index in [1.807, 2.05) is 30.3 Å². The third kappa shape index (κ3) is 2.21. The van der Waals surface area contributed by atoms with Crippen molar-refractivity contribution in [3.8, 4) is 0 Å². The number of benzene rings is 1. The highest BCUT2D eigenvalue weighted by atomic mass is 16.5. The number of para-hydroxylation sites is 1. The van der Waals surface area contributed by atoms with Crippen LogP contribution >= 0.6 is 0 Å². The van der Waals surface area contributed by atoms with Crippen LogP contribution in [-0.2, 0) is 14.3 Å². The zero-order chi connectivity index (χ0) is 11.5. The second kappa shape index (κ2) is 4.35. The number of carbonyl (C=O) groups excluding carboxylic acids is 2. The van der Waals surface area contributed by atoms with E-state index in [1.165, 1.54) is 6.92 Å². The lowest BCUT2D eigenvalue weighted by molar-refractivity contribution is -0.145. The van der Waals surface area contributed by atoms with E-state index in [2.05, 4.69) is 0 Å². The van der Waals surface area contributed by atoms with Crippen LogP contribution in [0.2, 0.25) is 0 Å².